The number of amides is 2. The number of hydrogen-bond acceptors (Lipinski definition) is 5. The summed E-state index contributed by atoms with van der Waals surface area (Å²) in [7, 11) is 0. The number of fused-ring (bicyclic) bond motifs is 1. The number of halogens is 1. The maximum atomic E-state index is 14.4. The second-order valence-electron chi connectivity index (χ2n) is 6.74. The molecule has 0 aliphatic heterocycles. The van der Waals surface area contributed by atoms with Gasteiger partial charge in [-0.2, -0.15) is 0 Å². The van der Waals surface area contributed by atoms with Gasteiger partial charge in [-0.25, -0.2) is 14.2 Å². The molecule has 9 heteroatoms. The summed E-state index contributed by atoms with van der Waals surface area (Å²) in [5, 5.41) is 15.7. The van der Waals surface area contributed by atoms with Gasteiger partial charge in [-0.15, -0.1) is 0 Å². The average molecular weight is 423 g/mol. The molecular formula is C20H19FKN3O4. The Bertz CT molecular complexity index is 1070. The van der Waals surface area contributed by atoms with Gasteiger partial charge in [-0.05, 0) is 56.2 Å². The molecule has 1 atom stereocenters. The van der Waals surface area contributed by atoms with E-state index in [1.165, 1.54) is 19.1 Å². The Morgan fingerprint density at radius 1 is 1.24 bits per heavy atom. The van der Waals surface area contributed by atoms with Crippen LogP contribution in [0.2, 0.25) is 0 Å². The third-order valence-electron chi connectivity index (χ3n) is 4.55. The largest absolute Gasteiger partial charge is 1.00 e. The zero-order valence-electron chi connectivity index (χ0n) is 16.6. The Hall–Kier alpha value is -1.78. The fourth-order valence-corrected chi connectivity index (χ4v) is 2.60. The van der Waals surface area contributed by atoms with Crippen molar-refractivity contribution in [2.75, 3.05) is 5.32 Å². The number of oxazole rings is 1. The van der Waals surface area contributed by atoms with Gasteiger partial charge in [-0.3, -0.25) is 0 Å². The van der Waals surface area contributed by atoms with E-state index in [1.807, 2.05) is 19.1 Å². The predicted molar refractivity (Wildman–Crippen MR) is 100.0 cm³/mol. The number of carbonyl (C=O) groups is 2. The number of aryl methyl sites for hydroxylation is 1. The number of aromatic nitrogens is 1. The summed E-state index contributed by atoms with van der Waals surface area (Å²) in [6, 6.07) is 8.78. The molecule has 29 heavy (non-hydrogen) atoms. The molecule has 0 saturated carbocycles. The summed E-state index contributed by atoms with van der Waals surface area (Å²) in [5.41, 5.74) is 1.02. The fourth-order valence-electron chi connectivity index (χ4n) is 2.60. The van der Waals surface area contributed by atoms with Crippen molar-refractivity contribution in [3.8, 4) is 11.5 Å². The van der Waals surface area contributed by atoms with Crippen molar-refractivity contribution < 1.29 is 74.9 Å². The number of rotatable bonds is 5. The van der Waals surface area contributed by atoms with Gasteiger partial charge in [0.1, 0.15) is 11.3 Å². The van der Waals surface area contributed by atoms with Gasteiger partial charge < -0.3 is 25.0 Å². The minimum Gasteiger partial charge on any atom is -0.548 e. The summed E-state index contributed by atoms with van der Waals surface area (Å²) in [6.45, 7) is 4.84. The van der Waals surface area contributed by atoms with Crippen LogP contribution in [0.15, 0.2) is 40.8 Å². The van der Waals surface area contributed by atoms with Crippen LogP contribution in [0.1, 0.15) is 25.8 Å². The number of carbonyl (C=O) groups excluding carboxylic acids is 2. The maximum Gasteiger partial charge on any atom is 1.00 e. The van der Waals surface area contributed by atoms with Gasteiger partial charge in [0.15, 0.2) is 5.58 Å². The Balaban J connectivity index is 0.00000300. The number of urea groups is 1. The zero-order valence-corrected chi connectivity index (χ0v) is 19.8. The number of nitrogens with one attached hydrogen (secondary N) is 2. The van der Waals surface area contributed by atoms with Gasteiger partial charge in [0, 0.05) is 5.56 Å². The molecule has 2 N–H and O–H groups in total. The molecule has 1 heterocycles. The first-order chi connectivity index (χ1) is 13.2. The van der Waals surface area contributed by atoms with Crippen LogP contribution in [-0.2, 0) is 4.79 Å². The van der Waals surface area contributed by atoms with E-state index in [1.54, 1.807) is 19.1 Å². The molecule has 0 fully saturated rings. The van der Waals surface area contributed by atoms with Crippen LogP contribution in [0.4, 0.5) is 14.9 Å². The third kappa shape index (κ3) is 5.23. The Morgan fingerprint density at radius 3 is 2.59 bits per heavy atom. The standard InChI is InChI=1S/C20H20FN3O4.K/c1-4-20(3,18(25)26)24-19(27)23-14-7-6-12(10-13(14)21)17-22-15-9-11(2)5-8-16(15)28-17;/h5-10H,4H2,1-3H3,(H,25,26)(H2,23,24,27);/q;+1/p-1. The summed E-state index contributed by atoms with van der Waals surface area (Å²) in [4.78, 5) is 27.5. The molecule has 146 valence electrons. The van der Waals surface area contributed by atoms with E-state index in [0.29, 0.717) is 16.7 Å². The molecule has 3 aromatic rings. The summed E-state index contributed by atoms with van der Waals surface area (Å²) >= 11 is 0. The number of nitrogens with zero attached hydrogens (tertiary/aromatic N) is 1. The molecule has 0 aliphatic carbocycles. The van der Waals surface area contributed by atoms with Crippen LogP contribution in [0.5, 0.6) is 0 Å². The van der Waals surface area contributed by atoms with Crippen LogP contribution < -0.4 is 67.1 Å². The van der Waals surface area contributed by atoms with Crippen molar-refractivity contribution in [3.63, 3.8) is 0 Å². The van der Waals surface area contributed by atoms with Crippen molar-refractivity contribution in [1.82, 2.24) is 10.3 Å². The van der Waals surface area contributed by atoms with E-state index in [0.717, 1.165) is 5.56 Å². The zero-order chi connectivity index (χ0) is 20.5. The molecule has 1 unspecified atom stereocenters. The Morgan fingerprint density at radius 2 is 1.97 bits per heavy atom. The van der Waals surface area contributed by atoms with Crippen LogP contribution in [-0.4, -0.2) is 22.5 Å². The van der Waals surface area contributed by atoms with Gasteiger partial charge in [-0.1, -0.05) is 13.0 Å². The molecule has 1 aromatic heterocycles. The van der Waals surface area contributed by atoms with Crippen LogP contribution >= 0.6 is 0 Å². The number of hydrogen-bond donors (Lipinski definition) is 2. The van der Waals surface area contributed by atoms with Gasteiger partial charge in [0.05, 0.1) is 17.2 Å². The van der Waals surface area contributed by atoms with Gasteiger partial charge >= 0.3 is 57.4 Å². The minimum absolute atomic E-state index is 0. The smallest absolute Gasteiger partial charge is 0.548 e. The fraction of sp³-hybridized carbons (Fsp3) is 0.250. The molecule has 0 bridgehead atoms. The molecule has 7 nitrogen and oxygen atoms in total. The second kappa shape index (κ2) is 9.35. The van der Waals surface area contributed by atoms with Gasteiger partial charge in [0.2, 0.25) is 5.89 Å². The molecule has 2 amide bonds. The maximum absolute atomic E-state index is 14.4. The summed E-state index contributed by atoms with van der Waals surface area (Å²) < 4.78 is 20.1. The Labute approximate surface area is 209 Å². The number of benzene rings is 2. The normalized spacial score (nSPS) is 12.7. The van der Waals surface area contributed by atoms with Crippen molar-refractivity contribution >= 4 is 28.8 Å². The second-order valence-corrected chi connectivity index (χ2v) is 6.74. The van der Waals surface area contributed by atoms with Crippen LogP contribution in [0.3, 0.4) is 0 Å². The SMILES string of the molecule is CCC(C)(NC(=O)Nc1ccc(-c2nc3cc(C)ccc3o2)cc1F)C(=O)[O-].[K+]. The number of carboxylic acid groups (broad SMARTS) is 1. The van der Waals surface area contributed by atoms with Crippen molar-refractivity contribution in [3.05, 3.63) is 47.8 Å². The molecule has 0 spiro atoms. The van der Waals surface area contributed by atoms with Gasteiger partial charge in [0.25, 0.3) is 0 Å². The minimum atomic E-state index is -1.56. The first-order valence-electron chi connectivity index (χ1n) is 8.69. The average Bonchev–Trinajstić information content (AvgIpc) is 3.06. The summed E-state index contributed by atoms with van der Waals surface area (Å²) in [5.74, 6) is -1.88. The molecule has 3 rings (SSSR count). The van der Waals surface area contributed by atoms with E-state index < -0.39 is 23.4 Å². The summed E-state index contributed by atoms with van der Waals surface area (Å²) in [6.07, 6.45) is 0.112. The third-order valence-corrected chi connectivity index (χ3v) is 4.55. The molecule has 2 aromatic carbocycles. The van der Waals surface area contributed by atoms with E-state index in [9.17, 15) is 19.1 Å². The van der Waals surface area contributed by atoms with E-state index in [2.05, 4.69) is 15.6 Å². The predicted octanol–water partition coefficient (Wildman–Crippen LogP) is -0.0136. The first-order valence-corrected chi connectivity index (χ1v) is 8.69. The van der Waals surface area contributed by atoms with Crippen LogP contribution in [0.25, 0.3) is 22.6 Å². The van der Waals surface area contributed by atoms with E-state index >= 15 is 0 Å². The number of anilines is 1. The first kappa shape index (κ1) is 23.5. The van der Waals surface area contributed by atoms with E-state index in [-0.39, 0.29) is 69.4 Å². The molecule has 0 aliphatic rings. The Kier molecular flexibility index (Phi) is 7.58. The van der Waals surface area contributed by atoms with Crippen molar-refractivity contribution in [2.45, 2.75) is 32.7 Å². The quantitative estimate of drug-likeness (QED) is 0.561. The molecular weight excluding hydrogens is 404 g/mol. The number of aliphatic carboxylic acids is 1. The van der Waals surface area contributed by atoms with Crippen LogP contribution in [0, 0.1) is 12.7 Å². The van der Waals surface area contributed by atoms with Crippen molar-refractivity contribution in [1.29, 1.82) is 0 Å². The molecule has 0 saturated heterocycles. The topological polar surface area (TPSA) is 107 Å². The van der Waals surface area contributed by atoms with E-state index in [4.69, 9.17) is 4.42 Å². The molecule has 0 radical (unpaired) electrons. The number of carboxylic acids is 1. The van der Waals surface area contributed by atoms with Crippen molar-refractivity contribution in [2.24, 2.45) is 0 Å². The monoisotopic (exact) mass is 423 g/mol.